The first-order chi connectivity index (χ1) is 10.9. The van der Waals surface area contributed by atoms with Gasteiger partial charge in [-0.25, -0.2) is 8.78 Å². The van der Waals surface area contributed by atoms with Gasteiger partial charge < -0.3 is 14.6 Å². The fourth-order valence-corrected chi connectivity index (χ4v) is 2.06. The molecule has 23 heavy (non-hydrogen) atoms. The summed E-state index contributed by atoms with van der Waals surface area (Å²) in [5, 5.41) is 10.1. The van der Waals surface area contributed by atoms with E-state index in [1.54, 1.807) is 0 Å². The topological polar surface area (TPSA) is 55.8 Å². The Kier molecular flexibility index (Phi) is 5.28. The molecule has 0 radical (unpaired) electrons. The number of aliphatic hydroxyl groups is 1. The molecule has 0 bridgehead atoms. The molecule has 6 heteroatoms. The minimum absolute atomic E-state index is 0.0329. The summed E-state index contributed by atoms with van der Waals surface area (Å²) in [6.07, 6.45) is -1.14. The number of carbonyl (C=O) groups is 1. The van der Waals surface area contributed by atoms with Crippen LogP contribution in [0.1, 0.15) is 28.9 Å². The van der Waals surface area contributed by atoms with Gasteiger partial charge in [0.15, 0.2) is 17.3 Å². The van der Waals surface area contributed by atoms with Crippen molar-refractivity contribution >= 4 is 5.78 Å². The number of benzene rings is 2. The normalized spacial score (nSPS) is 11.9. The van der Waals surface area contributed by atoms with Crippen LogP contribution in [-0.2, 0) is 0 Å². The van der Waals surface area contributed by atoms with Gasteiger partial charge in [0.1, 0.15) is 24.3 Å². The summed E-state index contributed by atoms with van der Waals surface area (Å²) in [5.74, 6) is -1.37. The third-order valence-corrected chi connectivity index (χ3v) is 3.28. The lowest BCUT2D eigenvalue weighted by molar-refractivity contribution is 0.0975. The van der Waals surface area contributed by atoms with Crippen LogP contribution in [0.25, 0.3) is 0 Å². The molecule has 0 spiro atoms. The van der Waals surface area contributed by atoms with Crippen LogP contribution >= 0.6 is 0 Å². The number of methoxy groups -OCH3 is 1. The van der Waals surface area contributed by atoms with Crippen molar-refractivity contribution in [3.8, 4) is 11.5 Å². The molecule has 0 aliphatic heterocycles. The summed E-state index contributed by atoms with van der Waals surface area (Å²) in [4.78, 5) is 11.5. The van der Waals surface area contributed by atoms with Crippen LogP contribution < -0.4 is 9.47 Å². The van der Waals surface area contributed by atoms with E-state index in [1.165, 1.54) is 32.2 Å². The van der Waals surface area contributed by atoms with Crippen LogP contribution in [0.5, 0.6) is 11.5 Å². The van der Waals surface area contributed by atoms with Crippen molar-refractivity contribution in [1.82, 2.24) is 0 Å². The smallest absolute Gasteiger partial charge is 0.165 e. The van der Waals surface area contributed by atoms with E-state index in [2.05, 4.69) is 0 Å². The highest BCUT2D eigenvalue weighted by molar-refractivity contribution is 5.96. The van der Waals surface area contributed by atoms with Gasteiger partial charge in [0.25, 0.3) is 0 Å². The molecule has 2 aromatic rings. The van der Waals surface area contributed by atoms with Crippen molar-refractivity contribution in [3.05, 3.63) is 59.2 Å². The molecule has 1 N–H and O–H groups in total. The van der Waals surface area contributed by atoms with Crippen molar-refractivity contribution in [3.63, 3.8) is 0 Å². The summed E-state index contributed by atoms with van der Waals surface area (Å²) in [6.45, 7) is 1.07. The summed E-state index contributed by atoms with van der Waals surface area (Å²) in [7, 11) is 1.34. The predicted octanol–water partition coefficient (Wildman–Crippen LogP) is 3.29. The second kappa shape index (κ2) is 7.19. The summed E-state index contributed by atoms with van der Waals surface area (Å²) < 4.78 is 37.0. The highest BCUT2D eigenvalue weighted by atomic mass is 19.1. The van der Waals surface area contributed by atoms with Gasteiger partial charge in [0.05, 0.1) is 12.7 Å². The van der Waals surface area contributed by atoms with E-state index in [9.17, 15) is 18.7 Å². The zero-order valence-corrected chi connectivity index (χ0v) is 12.7. The van der Waals surface area contributed by atoms with E-state index < -0.39 is 17.7 Å². The number of hydrogen-bond donors (Lipinski definition) is 1. The van der Waals surface area contributed by atoms with Crippen molar-refractivity contribution in [2.24, 2.45) is 0 Å². The minimum Gasteiger partial charge on any atom is -0.494 e. The van der Waals surface area contributed by atoms with E-state index in [0.717, 1.165) is 18.2 Å². The Morgan fingerprint density at radius 1 is 1.17 bits per heavy atom. The molecule has 0 heterocycles. The van der Waals surface area contributed by atoms with Crippen molar-refractivity contribution < 1.29 is 28.2 Å². The molecule has 0 saturated heterocycles. The van der Waals surface area contributed by atoms with Crippen molar-refractivity contribution in [2.45, 2.75) is 13.0 Å². The monoisotopic (exact) mass is 322 g/mol. The Hall–Kier alpha value is -2.47. The Morgan fingerprint density at radius 2 is 1.91 bits per heavy atom. The predicted molar refractivity (Wildman–Crippen MR) is 79.8 cm³/mol. The maximum absolute atomic E-state index is 13.6. The van der Waals surface area contributed by atoms with E-state index in [4.69, 9.17) is 9.47 Å². The van der Waals surface area contributed by atoms with Gasteiger partial charge in [0, 0.05) is 6.07 Å². The molecule has 0 aliphatic rings. The molecule has 2 aromatic carbocycles. The number of halogens is 2. The molecule has 1 atom stereocenters. The van der Waals surface area contributed by atoms with Crippen molar-refractivity contribution in [2.75, 3.05) is 13.7 Å². The van der Waals surface area contributed by atoms with Crippen LogP contribution in [0.3, 0.4) is 0 Å². The third-order valence-electron chi connectivity index (χ3n) is 3.28. The lowest BCUT2D eigenvalue weighted by Crippen LogP contribution is -2.12. The van der Waals surface area contributed by atoms with Crippen molar-refractivity contribution in [1.29, 1.82) is 0 Å². The van der Waals surface area contributed by atoms with Gasteiger partial charge >= 0.3 is 0 Å². The zero-order chi connectivity index (χ0) is 17.0. The maximum atomic E-state index is 13.6. The Bertz CT molecular complexity index is 716. The number of Topliss-reactive ketones (excluding diaryl/α,β-unsaturated/α-hetero) is 1. The number of aliphatic hydroxyl groups excluding tert-OH is 1. The van der Waals surface area contributed by atoms with E-state index >= 15 is 0 Å². The number of carbonyl (C=O) groups excluding carboxylic acids is 1. The molecule has 1 unspecified atom stereocenters. The Morgan fingerprint density at radius 3 is 2.52 bits per heavy atom. The molecule has 0 saturated carbocycles. The van der Waals surface area contributed by atoms with Crippen LogP contribution in [0.2, 0.25) is 0 Å². The summed E-state index contributed by atoms with van der Waals surface area (Å²) in [5.41, 5.74) is 0.489. The zero-order valence-electron chi connectivity index (χ0n) is 12.7. The standard InChI is InChI=1S/C17H16F2O4/c1-10(20)13-5-4-12(18)8-17(13)23-9-15(21)11-3-6-16(22-2)14(19)7-11/h3-8,15,21H,9H2,1-2H3. The first-order valence-electron chi connectivity index (χ1n) is 6.87. The van der Waals surface area contributed by atoms with E-state index in [0.29, 0.717) is 0 Å². The largest absolute Gasteiger partial charge is 0.494 e. The lowest BCUT2D eigenvalue weighted by atomic mass is 10.1. The quantitative estimate of drug-likeness (QED) is 0.829. The van der Waals surface area contributed by atoms with Gasteiger partial charge in [-0.2, -0.15) is 0 Å². The molecule has 4 nitrogen and oxygen atoms in total. The number of ether oxygens (including phenoxy) is 2. The van der Waals surface area contributed by atoms with Gasteiger partial charge in [-0.15, -0.1) is 0 Å². The number of rotatable bonds is 6. The van der Waals surface area contributed by atoms with Crippen LogP contribution in [0, 0.1) is 11.6 Å². The molecule has 122 valence electrons. The fourth-order valence-electron chi connectivity index (χ4n) is 2.06. The number of hydrogen-bond acceptors (Lipinski definition) is 4. The lowest BCUT2D eigenvalue weighted by Gasteiger charge is -2.15. The molecule has 0 aliphatic carbocycles. The Balaban J connectivity index is 2.13. The SMILES string of the molecule is COc1ccc(C(O)COc2cc(F)ccc2C(C)=O)cc1F. The van der Waals surface area contributed by atoms with Gasteiger partial charge in [-0.1, -0.05) is 6.07 Å². The van der Waals surface area contributed by atoms with Gasteiger partial charge in [-0.3, -0.25) is 4.79 Å². The van der Waals surface area contributed by atoms with Crippen LogP contribution in [0.15, 0.2) is 36.4 Å². The maximum Gasteiger partial charge on any atom is 0.165 e. The summed E-state index contributed by atoms with van der Waals surface area (Å²) >= 11 is 0. The Labute approximate surface area is 132 Å². The van der Waals surface area contributed by atoms with Crippen LogP contribution in [0.4, 0.5) is 8.78 Å². The highest BCUT2D eigenvalue weighted by Gasteiger charge is 2.15. The minimum atomic E-state index is -1.14. The first kappa shape index (κ1) is 16.9. The van der Waals surface area contributed by atoms with Crippen LogP contribution in [-0.4, -0.2) is 24.6 Å². The third kappa shape index (κ3) is 4.04. The molecular weight excluding hydrogens is 306 g/mol. The van der Waals surface area contributed by atoms with E-state index in [-0.39, 0.29) is 35.0 Å². The molecule has 0 amide bonds. The van der Waals surface area contributed by atoms with Gasteiger partial charge in [-0.05, 0) is 36.8 Å². The number of ketones is 1. The first-order valence-corrected chi connectivity index (χ1v) is 6.87. The second-order valence-electron chi connectivity index (χ2n) is 4.92. The molecular formula is C17H16F2O4. The molecule has 0 fully saturated rings. The van der Waals surface area contributed by atoms with E-state index in [1.807, 2.05) is 0 Å². The molecule has 2 rings (SSSR count). The molecule has 0 aromatic heterocycles. The highest BCUT2D eigenvalue weighted by Crippen LogP contribution is 2.25. The average molecular weight is 322 g/mol. The summed E-state index contributed by atoms with van der Waals surface area (Å²) in [6, 6.07) is 7.54. The van der Waals surface area contributed by atoms with Gasteiger partial charge in [0.2, 0.25) is 0 Å². The average Bonchev–Trinajstić information content (AvgIpc) is 2.52. The second-order valence-corrected chi connectivity index (χ2v) is 4.92. The fraction of sp³-hybridized carbons (Fsp3) is 0.235.